The summed E-state index contributed by atoms with van der Waals surface area (Å²) < 4.78 is 0. The van der Waals surface area contributed by atoms with E-state index in [1.165, 1.54) is 70.8 Å². The molecule has 2 aliphatic carbocycles. The topological polar surface area (TPSA) is 35.5 Å². The highest BCUT2D eigenvalue weighted by atomic mass is 16.3. The van der Waals surface area contributed by atoms with Gasteiger partial charge in [0.25, 0.3) is 0 Å². The molecule has 0 aromatic heterocycles. The molecule has 20 heavy (non-hydrogen) atoms. The molecule has 0 saturated heterocycles. The molecule has 2 rings (SSSR count). The number of hydrogen-bond donors (Lipinski definition) is 2. The van der Waals surface area contributed by atoms with Gasteiger partial charge in [0.1, 0.15) is 0 Å². The second kappa shape index (κ2) is 8.35. The van der Waals surface area contributed by atoms with E-state index in [4.69, 9.17) is 0 Å². The normalized spacial score (nSPS) is 24.1. The minimum absolute atomic E-state index is 0.312. The summed E-state index contributed by atoms with van der Waals surface area (Å²) in [6.45, 7) is 3.52. The Balaban J connectivity index is 2.02. The van der Waals surface area contributed by atoms with E-state index >= 15 is 0 Å². The fraction of sp³-hybridized carbons (Fsp3) is 1.00. The summed E-state index contributed by atoms with van der Waals surface area (Å²) in [5.74, 6) is 0. The Bertz CT molecular complexity index is 256. The molecule has 0 radical (unpaired) electrons. The first kappa shape index (κ1) is 16.3. The molecule has 0 bridgehead atoms. The quantitative estimate of drug-likeness (QED) is 0.705. The number of rotatable bonds is 7. The van der Waals surface area contributed by atoms with Crippen LogP contribution < -0.4 is 5.32 Å². The molecule has 0 amide bonds. The lowest BCUT2D eigenvalue weighted by Crippen LogP contribution is -2.47. The van der Waals surface area contributed by atoms with Crippen LogP contribution in [0.15, 0.2) is 0 Å². The highest BCUT2D eigenvalue weighted by molar-refractivity contribution is 4.89. The van der Waals surface area contributed by atoms with Crippen molar-refractivity contribution in [2.24, 2.45) is 5.41 Å². The van der Waals surface area contributed by atoms with Crippen LogP contribution in [0.2, 0.25) is 0 Å². The molecule has 0 aliphatic heterocycles. The van der Waals surface area contributed by atoms with Gasteiger partial charge >= 0.3 is 0 Å². The minimum atomic E-state index is 0.312. The molecule has 2 N–H and O–H groups in total. The van der Waals surface area contributed by atoms with Gasteiger partial charge in [-0.25, -0.2) is 0 Å². The monoisotopic (exact) mass is 282 g/mol. The van der Waals surface area contributed by atoms with Crippen LogP contribution in [0.25, 0.3) is 0 Å². The van der Waals surface area contributed by atoms with E-state index in [2.05, 4.69) is 17.3 Å². The Labute approximate surface area is 125 Å². The van der Waals surface area contributed by atoms with Crippen molar-refractivity contribution >= 4 is 0 Å². The zero-order valence-electron chi connectivity index (χ0n) is 13.4. The predicted octanol–water partition coefficient (Wildman–Crippen LogP) is 2.78. The highest BCUT2D eigenvalue weighted by Crippen LogP contribution is 2.37. The lowest BCUT2D eigenvalue weighted by Gasteiger charge is -2.40. The zero-order valence-corrected chi connectivity index (χ0v) is 13.4. The minimum Gasteiger partial charge on any atom is -0.395 e. The van der Waals surface area contributed by atoms with E-state index in [1.54, 1.807) is 0 Å². The van der Waals surface area contributed by atoms with Crippen LogP contribution in [0.5, 0.6) is 0 Å². The summed E-state index contributed by atoms with van der Waals surface area (Å²) in [6.07, 6.45) is 13.8. The van der Waals surface area contributed by atoms with Crippen LogP contribution in [-0.2, 0) is 0 Å². The van der Waals surface area contributed by atoms with Gasteiger partial charge in [0, 0.05) is 25.7 Å². The van der Waals surface area contributed by atoms with Crippen LogP contribution >= 0.6 is 0 Å². The fourth-order valence-electron chi connectivity index (χ4n) is 4.46. The largest absolute Gasteiger partial charge is 0.395 e. The molecule has 0 spiro atoms. The number of nitrogens with one attached hydrogen (secondary N) is 1. The third-order valence-corrected chi connectivity index (χ3v) is 5.48. The molecule has 2 fully saturated rings. The molecule has 0 aromatic carbocycles. The molecule has 0 atom stereocenters. The molecule has 2 aliphatic rings. The number of aliphatic hydroxyl groups is 1. The first-order valence-corrected chi connectivity index (χ1v) is 8.79. The second-order valence-electron chi connectivity index (χ2n) is 7.08. The summed E-state index contributed by atoms with van der Waals surface area (Å²) in [4.78, 5) is 2.62. The average molecular weight is 282 g/mol. The lowest BCUT2D eigenvalue weighted by atomic mass is 9.79. The molecule has 0 aromatic rings. The van der Waals surface area contributed by atoms with Crippen molar-refractivity contribution in [2.75, 3.05) is 33.3 Å². The van der Waals surface area contributed by atoms with E-state index in [0.717, 1.165) is 19.1 Å². The summed E-state index contributed by atoms with van der Waals surface area (Å²) in [6, 6.07) is 0.735. The number of aliphatic hydroxyl groups excluding tert-OH is 1. The van der Waals surface area contributed by atoms with Crippen LogP contribution in [0.3, 0.4) is 0 Å². The maximum absolute atomic E-state index is 9.44. The predicted molar refractivity (Wildman–Crippen MR) is 85.0 cm³/mol. The van der Waals surface area contributed by atoms with Gasteiger partial charge in [0.2, 0.25) is 0 Å². The third kappa shape index (κ3) is 4.44. The first-order valence-electron chi connectivity index (χ1n) is 8.79. The van der Waals surface area contributed by atoms with Gasteiger partial charge < -0.3 is 10.4 Å². The molecule has 0 heterocycles. The standard InChI is InChI=1S/C17H34N2O/c1-18-14-17(10-6-2-3-7-11-17)15-19(12-13-20)16-8-4-5-9-16/h16,18,20H,2-15H2,1H3. The number of hydrogen-bond acceptors (Lipinski definition) is 3. The Morgan fingerprint density at radius 3 is 2.25 bits per heavy atom. The Hall–Kier alpha value is -0.120. The van der Waals surface area contributed by atoms with E-state index in [1.807, 2.05) is 0 Å². The summed E-state index contributed by atoms with van der Waals surface area (Å²) in [5, 5.41) is 12.9. The smallest absolute Gasteiger partial charge is 0.0558 e. The van der Waals surface area contributed by atoms with Crippen LogP contribution in [-0.4, -0.2) is 49.3 Å². The number of nitrogens with zero attached hydrogens (tertiary/aromatic N) is 1. The van der Waals surface area contributed by atoms with Crippen molar-refractivity contribution in [3.63, 3.8) is 0 Å². The highest BCUT2D eigenvalue weighted by Gasteiger charge is 2.34. The van der Waals surface area contributed by atoms with Crippen molar-refractivity contribution in [3.8, 4) is 0 Å². The van der Waals surface area contributed by atoms with Crippen molar-refractivity contribution in [2.45, 2.75) is 70.3 Å². The van der Waals surface area contributed by atoms with Crippen molar-refractivity contribution in [3.05, 3.63) is 0 Å². The molecule has 3 heteroatoms. The molecule has 3 nitrogen and oxygen atoms in total. The van der Waals surface area contributed by atoms with Gasteiger partial charge in [-0.15, -0.1) is 0 Å². The Kier molecular flexibility index (Phi) is 6.79. The maximum Gasteiger partial charge on any atom is 0.0558 e. The molecule has 0 unspecified atom stereocenters. The molecular formula is C17H34N2O. The van der Waals surface area contributed by atoms with Gasteiger partial charge in [-0.1, -0.05) is 38.5 Å². The SMILES string of the molecule is CNCC1(CN(CCO)C2CCCC2)CCCCCC1. The van der Waals surface area contributed by atoms with E-state index in [0.29, 0.717) is 12.0 Å². The molecule has 2 saturated carbocycles. The second-order valence-corrected chi connectivity index (χ2v) is 7.08. The van der Waals surface area contributed by atoms with Gasteiger partial charge in [-0.3, -0.25) is 4.90 Å². The first-order chi connectivity index (χ1) is 9.79. The maximum atomic E-state index is 9.44. The van der Waals surface area contributed by atoms with Crippen LogP contribution in [0, 0.1) is 5.41 Å². The Morgan fingerprint density at radius 2 is 1.70 bits per heavy atom. The third-order valence-electron chi connectivity index (χ3n) is 5.48. The Morgan fingerprint density at radius 1 is 1.05 bits per heavy atom. The van der Waals surface area contributed by atoms with Crippen molar-refractivity contribution in [1.82, 2.24) is 10.2 Å². The van der Waals surface area contributed by atoms with Gasteiger partial charge in [-0.2, -0.15) is 0 Å². The van der Waals surface area contributed by atoms with Gasteiger partial charge in [0.15, 0.2) is 0 Å². The zero-order chi connectivity index (χ0) is 14.3. The van der Waals surface area contributed by atoms with Gasteiger partial charge in [-0.05, 0) is 38.1 Å². The van der Waals surface area contributed by atoms with E-state index < -0.39 is 0 Å². The summed E-state index contributed by atoms with van der Waals surface area (Å²) in [7, 11) is 2.10. The van der Waals surface area contributed by atoms with Crippen molar-refractivity contribution in [1.29, 1.82) is 0 Å². The summed E-state index contributed by atoms with van der Waals surface area (Å²) in [5.41, 5.74) is 0.447. The summed E-state index contributed by atoms with van der Waals surface area (Å²) >= 11 is 0. The van der Waals surface area contributed by atoms with E-state index in [-0.39, 0.29) is 0 Å². The lowest BCUT2D eigenvalue weighted by molar-refractivity contribution is 0.0778. The van der Waals surface area contributed by atoms with E-state index in [9.17, 15) is 5.11 Å². The van der Waals surface area contributed by atoms with Gasteiger partial charge in [0.05, 0.1) is 6.61 Å². The molecular weight excluding hydrogens is 248 g/mol. The van der Waals surface area contributed by atoms with Crippen LogP contribution in [0.4, 0.5) is 0 Å². The average Bonchev–Trinajstić information content (AvgIpc) is 2.88. The molecule has 118 valence electrons. The van der Waals surface area contributed by atoms with Crippen molar-refractivity contribution < 1.29 is 5.11 Å². The van der Waals surface area contributed by atoms with Crippen LogP contribution in [0.1, 0.15) is 64.2 Å². The fourth-order valence-corrected chi connectivity index (χ4v) is 4.46.